The predicted octanol–water partition coefficient (Wildman–Crippen LogP) is 3.23. The molecule has 1 aromatic heterocycles. The van der Waals surface area contributed by atoms with E-state index in [0.29, 0.717) is 0 Å². The lowest BCUT2D eigenvalue weighted by Crippen LogP contribution is -2.33. The summed E-state index contributed by atoms with van der Waals surface area (Å²) in [6.07, 6.45) is 0.914. The highest BCUT2D eigenvalue weighted by Gasteiger charge is 2.14. The smallest absolute Gasteiger partial charge is 0.110 e. The van der Waals surface area contributed by atoms with Gasteiger partial charge in [0.1, 0.15) is 5.01 Å². The molecule has 0 aliphatic heterocycles. The van der Waals surface area contributed by atoms with Crippen molar-refractivity contribution in [3.63, 3.8) is 0 Å². The van der Waals surface area contributed by atoms with Crippen LogP contribution < -0.4 is 5.32 Å². The molecule has 0 fully saturated rings. The van der Waals surface area contributed by atoms with Gasteiger partial charge in [0.2, 0.25) is 0 Å². The number of nitrogens with one attached hydrogen (secondary N) is 1. The summed E-state index contributed by atoms with van der Waals surface area (Å²) in [6, 6.07) is 10.5. The molecule has 2 unspecified atom stereocenters. The molecule has 0 bridgehead atoms. The Kier molecular flexibility index (Phi) is 5.07. The lowest BCUT2D eigenvalue weighted by Gasteiger charge is -2.18. The molecule has 1 heterocycles. The van der Waals surface area contributed by atoms with Crippen molar-refractivity contribution in [3.05, 3.63) is 40.7 Å². The number of nitrogens with zero attached hydrogens (tertiary/aromatic N) is 1. The molecule has 19 heavy (non-hydrogen) atoms. The van der Waals surface area contributed by atoms with Crippen molar-refractivity contribution in [3.8, 4) is 11.3 Å². The van der Waals surface area contributed by atoms with E-state index in [1.807, 2.05) is 18.2 Å². The van der Waals surface area contributed by atoms with Crippen LogP contribution in [0.25, 0.3) is 11.3 Å². The number of benzene rings is 1. The molecule has 1 aromatic carbocycles. The van der Waals surface area contributed by atoms with Crippen molar-refractivity contribution in [2.75, 3.05) is 6.61 Å². The molecule has 2 aromatic rings. The first-order valence-corrected chi connectivity index (χ1v) is 7.50. The third kappa shape index (κ3) is 3.62. The molecule has 3 nitrogen and oxygen atoms in total. The topological polar surface area (TPSA) is 45.1 Å². The molecule has 2 N–H and O–H groups in total. The lowest BCUT2D eigenvalue weighted by molar-refractivity contribution is 0.230. The van der Waals surface area contributed by atoms with Crippen LogP contribution in [-0.2, 0) is 0 Å². The average molecular weight is 276 g/mol. The molecule has 0 radical (unpaired) electrons. The number of aliphatic hydroxyl groups is 1. The van der Waals surface area contributed by atoms with Gasteiger partial charge in [-0.15, -0.1) is 11.3 Å². The second-order valence-electron chi connectivity index (χ2n) is 4.61. The second kappa shape index (κ2) is 6.80. The lowest BCUT2D eigenvalue weighted by atomic mass is 10.2. The first kappa shape index (κ1) is 14.2. The molecule has 2 rings (SSSR count). The molecule has 0 spiro atoms. The van der Waals surface area contributed by atoms with Gasteiger partial charge in [-0.25, -0.2) is 4.98 Å². The van der Waals surface area contributed by atoms with Crippen molar-refractivity contribution in [2.24, 2.45) is 0 Å². The van der Waals surface area contributed by atoms with Gasteiger partial charge in [-0.3, -0.25) is 0 Å². The van der Waals surface area contributed by atoms with Gasteiger partial charge in [0.15, 0.2) is 0 Å². The van der Waals surface area contributed by atoms with Crippen LogP contribution in [0.3, 0.4) is 0 Å². The van der Waals surface area contributed by atoms with Crippen LogP contribution in [-0.4, -0.2) is 22.7 Å². The summed E-state index contributed by atoms with van der Waals surface area (Å²) in [5, 5.41) is 15.8. The summed E-state index contributed by atoms with van der Waals surface area (Å²) in [6.45, 7) is 4.32. The minimum absolute atomic E-state index is 0.138. The van der Waals surface area contributed by atoms with Crippen molar-refractivity contribution < 1.29 is 5.11 Å². The Morgan fingerprint density at radius 2 is 2.05 bits per heavy atom. The SMILES string of the molecule is CCC(CO)NC(C)c1nc(-c2ccccc2)cs1. The average Bonchev–Trinajstić information content (AvgIpc) is 2.95. The minimum Gasteiger partial charge on any atom is -0.395 e. The third-order valence-electron chi connectivity index (χ3n) is 3.16. The number of rotatable bonds is 6. The Labute approximate surface area is 118 Å². The van der Waals surface area contributed by atoms with E-state index in [0.717, 1.165) is 22.7 Å². The Hall–Kier alpha value is -1.23. The van der Waals surface area contributed by atoms with E-state index in [4.69, 9.17) is 0 Å². The molecule has 0 saturated carbocycles. The minimum atomic E-state index is 0.138. The number of hydrogen-bond acceptors (Lipinski definition) is 4. The molecular weight excluding hydrogens is 256 g/mol. The van der Waals surface area contributed by atoms with Crippen LogP contribution in [0, 0.1) is 0 Å². The third-order valence-corrected chi connectivity index (χ3v) is 4.19. The van der Waals surface area contributed by atoms with E-state index in [1.165, 1.54) is 0 Å². The van der Waals surface area contributed by atoms with E-state index in [9.17, 15) is 5.11 Å². The van der Waals surface area contributed by atoms with Crippen LogP contribution in [0.2, 0.25) is 0 Å². The number of aromatic nitrogens is 1. The highest BCUT2D eigenvalue weighted by molar-refractivity contribution is 7.10. The zero-order chi connectivity index (χ0) is 13.7. The standard InChI is InChI=1S/C15H20N2OS/c1-3-13(9-18)16-11(2)15-17-14(10-19-15)12-7-5-4-6-8-12/h4-8,10-11,13,16,18H,3,9H2,1-2H3. The van der Waals surface area contributed by atoms with Gasteiger partial charge in [-0.1, -0.05) is 37.3 Å². The predicted molar refractivity (Wildman–Crippen MR) is 80.3 cm³/mol. The Bertz CT molecular complexity index is 494. The van der Waals surface area contributed by atoms with E-state index < -0.39 is 0 Å². The normalized spacial score (nSPS) is 14.3. The molecule has 0 aliphatic rings. The fourth-order valence-electron chi connectivity index (χ4n) is 1.95. The maximum Gasteiger partial charge on any atom is 0.110 e. The zero-order valence-corrected chi connectivity index (χ0v) is 12.2. The fourth-order valence-corrected chi connectivity index (χ4v) is 2.80. The first-order chi connectivity index (χ1) is 9.24. The zero-order valence-electron chi connectivity index (χ0n) is 11.3. The quantitative estimate of drug-likeness (QED) is 0.851. The molecule has 2 atom stereocenters. The molecule has 4 heteroatoms. The van der Waals surface area contributed by atoms with Gasteiger partial charge < -0.3 is 10.4 Å². The van der Waals surface area contributed by atoms with E-state index in [2.05, 4.69) is 41.7 Å². The second-order valence-corrected chi connectivity index (χ2v) is 5.50. The molecular formula is C15H20N2OS. The summed E-state index contributed by atoms with van der Waals surface area (Å²) in [7, 11) is 0. The Balaban J connectivity index is 2.08. The van der Waals surface area contributed by atoms with Crippen LogP contribution in [0.4, 0.5) is 0 Å². The van der Waals surface area contributed by atoms with Crippen molar-refractivity contribution >= 4 is 11.3 Å². The molecule has 0 aliphatic carbocycles. The summed E-state index contributed by atoms with van der Waals surface area (Å²) in [4.78, 5) is 4.68. The van der Waals surface area contributed by atoms with Gasteiger partial charge >= 0.3 is 0 Å². The summed E-state index contributed by atoms with van der Waals surface area (Å²) >= 11 is 1.66. The van der Waals surface area contributed by atoms with Gasteiger partial charge in [0.25, 0.3) is 0 Å². The van der Waals surface area contributed by atoms with E-state index in [-0.39, 0.29) is 18.7 Å². The number of thiazole rings is 1. The monoisotopic (exact) mass is 276 g/mol. The van der Waals surface area contributed by atoms with Crippen LogP contribution >= 0.6 is 11.3 Å². The highest BCUT2D eigenvalue weighted by Crippen LogP contribution is 2.25. The van der Waals surface area contributed by atoms with Crippen LogP contribution in [0.1, 0.15) is 31.3 Å². The maximum atomic E-state index is 9.23. The van der Waals surface area contributed by atoms with Crippen LogP contribution in [0.15, 0.2) is 35.7 Å². The van der Waals surface area contributed by atoms with E-state index in [1.54, 1.807) is 11.3 Å². The first-order valence-electron chi connectivity index (χ1n) is 6.62. The maximum absolute atomic E-state index is 9.23. The summed E-state index contributed by atoms with van der Waals surface area (Å²) < 4.78 is 0. The van der Waals surface area contributed by atoms with Gasteiger partial charge in [-0.2, -0.15) is 0 Å². The van der Waals surface area contributed by atoms with Crippen molar-refractivity contribution in [1.82, 2.24) is 10.3 Å². The largest absolute Gasteiger partial charge is 0.395 e. The van der Waals surface area contributed by atoms with Gasteiger partial charge in [-0.05, 0) is 13.3 Å². The van der Waals surface area contributed by atoms with E-state index >= 15 is 0 Å². The number of aliphatic hydroxyl groups excluding tert-OH is 1. The Morgan fingerprint density at radius 1 is 1.32 bits per heavy atom. The van der Waals surface area contributed by atoms with Crippen molar-refractivity contribution in [2.45, 2.75) is 32.4 Å². The van der Waals surface area contributed by atoms with Crippen molar-refractivity contribution in [1.29, 1.82) is 0 Å². The number of hydrogen-bond donors (Lipinski definition) is 2. The van der Waals surface area contributed by atoms with Gasteiger partial charge in [0.05, 0.1) is 18.3 Å². The summed E-state index contributed by atoms with van der Waals surface area (Å²) in [5.74, 6) is 0. The fraction of sp³-hybridized carbons (Fsp3) is 0.400. The Morgan fingerprint density at radius 3 is 2.68 bits per heavy atom. The molecule has 102 valence electrons. The van der Waals surface area contributed by atoms with Crippen LogP contribution in [0.5, 0.6) is 0 Å². The highest BCUT2D eigenvalue weighted by atomic mass is 32.1. The molecule has 0 saturated heterocycles. The summed E-state index contributed by atoms with van der Waals surface area (Å²) in [5.41, 5.74) is 2.16. The van der Waals surface area contributed by atoms with Gasteiger partial charge in [0, 0.05) is 17.0 Å². The molecule has 0 amide bonds.